The highest BCUT2D eigenvalue weighted by Crippen LogP contribution is 2.25. The monoisotopic (exact) mass is 334 g/mol. The lowest BCUT2D eigenvalue weighted by atomic mass is 10.4. The summed E-state index contributed by atoms with van der Waals surface area (Å²) in [5.41, 5.74) is 0. The first-order chi connectivity index (χ1) is 9.93. The van der Waals surface area contributed by atoms with Crippen LogP contribution >= 0.6 is 8.03 Å². The zero-order valence-corrected chi connectivity index (χ0v) is 12.3. The Morgan fingerprint density at radius 3 is 2.67 bits per heavy atom. The van der Waals surface area contributed by atoms with Gasteiger partial charge in [0.05, 0.1) is 16.2 Å². The van der Waals surface area contributed by atoms with Crippen molar-refractivity contribution in [3.8, 4) is 5.88 Å². The van der Waals surface area contributed by atoms with Gasteiger partial charge in [0.25, 0.3) is 9.84 Å². The van der Waals surface area contributed by atoms with E-state index in [0.29, 0.717) is 0 Å². The van der Waals surface area contributed by atoms with Crippen LogP contribution in [0, 0.1) is 5.21 Å². The van der Waals surface area contributed by atoms with Gasteiger partial charge in [0.1, 0.15) is 6.61 Å². The van der Waals surface area contributed by atoms with E-state index in [1.165, 1.54) is 24.3 Å². The molecule has 0 amide bonds. The van der Waals surface area contributed by atoms with Crippen molar-refractivity contribution >= 4 is 17.9 Å². The Morgan fingerprint density at radius 1 is 1.38 bits per heavy atom. The summed E-state index contributed by atoms with van der Waals surface area (Å²) in [6.45, 7) is -0.266. The number of aromatic nitrogens is 2. The van der Waals surface area contributed by atoms with Crippen molar-refractivity contribution in [3.05, 3.63) is 35.5 Å². The fraction of sp³-hybridized carbons (Fsp3) is 0.200. The van der Waals surface area contributed by atoms with Crippen molar-refractivity contribution in [2.45, 2.75) is 9.92 Å². The number of hydrogen-bond acceptors (Lipinski definition) is 7. The van der Waals surface area contributed by atoms with E-state index in [1.54, 1.807) is 6.07 Å². The molecule has 21 heavy (non-hydrogen) atoms. The zero-order valence-electron chi connectivity index (χ0n) is 10.5. The van der Waals surface area contributed by atoms with Crippen LogP contribution < -0.4 is 9.64 Å². The van der Waals surface area contributed by atoms with Gasteiger partial charge in [-0.15, -0.1) is 0 Å². The highest BCUT2D eigenvalue weighted by atomic mass is 32.2. The summed E-state index contributed by atoms with van der Waals surface area (Å²) in [4.78, 5) is 8.28. The van der Waals surface area contributed by atoms with Crippen molar-refractivity contribution in [2.75, 3.05) is 12.8 Å². The maximum absolute atomic E-state index is 12.3. The van der Waals surface area contributed by atoms with Crippen molar-refractivity contribution in [1.82, 2.24) is 5.16 Å². The second-order valence-electron chi connectivity index (χ2n) is 3.85. The highest BCUT2D eigenvalue weighted by Gasteiger charge is 2.35. The average Bonchev–Trinajstić information content (AvgIpc) is 2.81. The van der Waals surface area contributed by atoms with Crippen LogP contribution in [0.3, 0.4) is 0 Å². The van der Waals surface area contributed by atoms with Gasteiger partial charge in [0, 0.05) is 0 Å². The Hall–Kier alpha value is -1.90. The van der Waals surface area contributed by atoms with E-state index >= 15 is 0 Å². The lowest BCUT2D eigenvalue weighted by Crippen LogP contribution is -2.31. The van der Waals surface area contributed by atoms with Gasteiger partial charge in [-0.2, -0.15) is 0 Å². The first-order valence-electron chi connectivity index (χ1n) is 5.67. The molecule has 0 aliphatic carbocycles. The highest BCUT2D eigenvalue weighted by molar-refractivity contribution is 7.91. The summed E-state index contributed by atoms with van der Waals surface area (Å²) < 4.78 is 44.4. The van der Waals surface area contributed by atoms with E-state index in [2.05, 4.69) is 9.79 Å². The Kier molecular flexibility index (Phi) is 4.61. The molecule has 0 saturated carbocycles. The Morgan fingerprint density at radius 2 is 2.05 bits per heavy atom. The fourth-order valence-electron chi connectivity index (χ4n) is 1.48. The first kappa shape index (κ1) is 15.5. The predicted molar refractivity (Wildman–Crippen MR) is 68.9 cm³/mol. The van der Waals surface area contributed by atoms with E-state index in [0.717, 1.165) is 0 Å². The number of rotatable bonds is 6. The van der Waals surface area contributed by atoms with Crippen LogP contribution in [-0.4, -0.2) is 31.2 Å². The van der Waals surface area contributed by atoms with Gasteiger partial charge in [-0.25, -0.2) is 8.42 Å². The van der Waals surface area contributed by atoms with Gasteiger partial charge in [-0.3, -0.25) is 9.19 Å². The molecule has 0 fully saturated rings. The third kappa shape index (κ3) is 3.41. The van der Waals surface area contributed by atoms with Crippen LogP contribution in [0.4, 0.5) is 0 Å². The average molecular weight is 334 g/mol. The second kappa shape index (κ2) is 6.25. The maximum Gasteiger partial charge on any atom is 0.414 e. The summed E-state index contributed by atoms with van der Waals surface area (Å²) in [6.07, 6.45) is -0.193. The molecule has 2 aromatic rings. The van der Waals surface area contributed by atoms with Crippen molar-refractivity contribution in [1.29, 1.82) is 0 Å². The Balaban J connectivity index is 2.35. The number of nitrogens with zero attached hydrogens (tertiary/aromatic N) is 2. The smallest absolute Gasteiger partial charge is 0.414 e. The third-order valence-corrected chi connectivity index (χ3v) is 4.77. The van der Waals surface area contributed by atoms with Crippen molar-refractivity contribution < 1.29 is 32.1 Å². The normalized spacial score (nSPS) is 13.0. The van der Waals surface area contributed by atoms with Crippen LogP contribution in [0.2, 0.25) is 0 Å². The van der Waals surface area contributed by atoms with E-state index in [1.807, 2.05) is 0 Å². The van der Waals surface area contributed by atoms with Gasteiger partial charge >= 0.3 is 10.9 Å². The van der Waals surface area contributed by atoms with Gasteiger partial charge < -0.3 is 14.8 Å². The minimum atomic E-state index is -4.17. The van der Waals surface area contributed by atoms with E-state index < -0.39 is 28.8 Å². The molecule has 0 saturated heterocycles. The van der Waals surface area contributed by atoms with Crippen LogP contribution in [-0.2, 0) is 14.4 Å². The molecule has 2 rings (SSSR count). The summed E-state index contributed by atoms with van der Waals surface area (Å²) in [5, 5.41) is 13.9. The SMILES string of the molecule is O=[PH](O)CCOc1no[n+]([O-])c1S(=O)(=O)c1ccccc1. The lowest BCUT2D eigenvalue weighted by Gasteiger charge is -2.02. The molecule has 0 aliphatic rings. The largest absolute Gasteiger partial charge is 0.454 e. The molecular weight excluding hydrogens is 323 g/mol. The zero-order chi connectivity index (χ0) is 15.5. The molecule has 1 aromatic carbocycles. The maximum atomic E-state index is 12.3. The molecule has 1 atom stereocenters. The molecule has 1 unspecified atom stereocenters. The Labute approximate surface area is 120 Å². The summed E-state index contributed by atoms with van der Waals surface area (Å²) >= 11 is 0. The van der Waals surface area contributed by atoms with Gasteiger partial charge in [0.15, 0.2) is 8.03 Å². The number of ether oxygens (including phenoxy) is 1. The molecule has 11 heteroatoms. The van der Waals surface area contributed by atoms with Crippen molar-refractivity contribution in [2.24, 2.45) is 0 Å². The number of benzene rings is 1. The molecule has 0 radical (unpaired) electrons. The second-order valence-corrected chi connectivity index (χ2v) is 7.00. The van der Waals surface area contributed by atoms with E-state index in [4.69, 9.17) is 9.63 Å². The van der Waals surface area contributed by atoms with Crippen LogP contribution in [0.5, 0.6) is 5.88 Å². The van der Waals surface area contributed by atoms with E-state index in [9.17, 15) is 18.2 Å². The fourth-order valence-corrected chi connectivity index (χ4v) is 3.05. The molecule has 0 aliphatic heterocycles. The molecule has 0 bridgehead atoms. The molecule has 1 heterocycles. The lowest BCUT2D eigenvalue weighted by molar-refractivity contribution is -0.832. The molecule has 1 N–H and O–H groups in total. The van der Waals surface area contributed by atoms with Crippen molar-refractivity contribution in [3.63, 3.8) is 0 Å². The quantitative estimate of drug-likeness (QED) is 0.576. The summed E-state index contributed by atoms with van der Waals surface area (Å²) in [5.74, 6) is -0.544. The van der Waals surface area contributed by atoms with Crippen LogP contribution in [0.15, 0.2) is 44.9 Å². The van der Waals surface area contributed by atoms with E-state index in [-0.39, 0.29) is 22.6 Å². The minimum Gasteiger partial charge on any atom is -0.454 e. The molecule has 114 valence electrons. The summed E-state index contributed by atoms with van der Waals surface area (Å²) in [6, 6.07) is 7.22. The topological polar surface area (TPSA) is 134 Å². The Bertz CT molecular complexity index is 744. The van der Waals surface area contributed by atoms with Gasteiger partial charge in [-0.05, 0) is 17.0 Å². The molecule has 1 aromatic heterocycles. The van der Waals surface area contributed by atoms with Gasteiger partial charge in [0.2, 0.25) is 0 Å². The standard InChI is InChI=1S/C10H11N2O7PS/c13-12-10(9(11-19-12)18-6-7-20(14)15)21(16,17)8-4-2-1-3-5-8/h1-5,20H,6-7H2,(H,14,15). The molecular formula is C10H11N2O7PS. The number of hydrogen-bond donors (Lipinski definition) is 1. The van der Waals surface area contributed by atoms with Crippen LogP contribution in [0.25, 0.3) is 0 Å². The van der Waals surface area contributed by atoms with Crippen LogP contribution in [0.1, 0.15) is 0 Å². The molecule has 9 nitrogen and oxygen atoms in total. The summed E-state index contributed by atoms with van der Waals surface area (Å²) in [7, 11) is -6.94. The first-order valence-corrected chi connectivity index (χ1v) is 8.72. The molecule has 0 spiro atoms. The predicted octanol–water partition coefficient (Wildman–Crippen LogP) is -0.0134. The minimum absolute atomic E-state index is 0.126. The third-order valence-electron chi connectivity index (χ3n) is 2.41. The van der Waals surface area contributed by atoms with Gasteiger partial charge in [-0.1, -0.05) is 18.2 Å². The number of sulfone groups is 1.